The SMILES string of the molecule is CCCCCCCCCCCCCCCC/C=C/C(CO)NCCO. The normalized spacial score (nSPS) is 12.9. The highest BCUT2D eigenvalue weighted by Gasteiger charge is 1.99. The molecule has 0 aromatic rings. The first-order valence-electron chi connectivity index (χ1n) is 11.0. The molecular weight excluding hydrogens is 310 g/mol. The molecule has 150 valence electrons. The second-order valence-electron chi connectivity index (χ2n) is 7.28. The third-order valence-electron chi connectivity index (χ3n) is 4.81. The summed E-state index contributed by atoms with van der Waals surface area (Å²) in [6.45, 7) is 3.02. The van der Waals surface area contributed by atoms with Crippen LogP contribution in [-0.4, -0.2) is 36.0 Å². The molecule has 0 radical (unpaired) electrons. The minimum atomic E-state index is -0.0150. The van der Waals surface area contributed by atoms with Crippen LogP contribution in [0.1, 0.15) is 103 Å². The van der Waals surface area contributed by atoms with Crippen LogP contribution in [0.2, 0.25) is 0 Å². The average molecular weight is 356 g/mol. The molecule has 0 saturated carbocycles. The van der Waals surface area contributed by atoms with Gasteiger partial charge in [-0.15, -0.1) is 0 Å². The maximum Gasteiger partial charge on any atom is 0.0620 e. The maximum atomic E-state index is 9.18. The van der Waals surface area contributed by atoms with Crippen molar-refractivity contribution in [1.29, 1.82) is 0 Å². The summed E-state index contributed by atoms with van der Waals surface area (Å²) in [7, 11) is 0. The first kappa shape index (κ1) is 24.6. The number of nitrogens with one attached hydrogen (secondary N) is 1. The molecule has 0 aromatic carbocycles. The Morgan fingerprint density at radius 3 is 1.64 bits per heavy atom. The van der Waals surface area contributed by atoms with Crippen molar-refractivity contribution in [2.75, 3.05) is 19.8 Å². The lowest BCUT2D eigenvalue weighted by Crippen LogP contribution is -2.32. The predicted octanol–water partition coefficient (Wildman–Crippen LogP) is 5.36. The van der Waals surface area contributed by atoms with E-state index in [0.29, 0.717) is 6.54 Å². The largest absolute Gasteiger partial charge is 0.395 e. The van der Waals surface area contributed by atoms with E-state index in [2.05, 4.69) is 18.3 Å². The fourth-order valence-electron chi connectivity index (χ4n) is 3.16. The Bertz CT molecular complexity index is 269. The van der Waals surface area contributed by atoms with Gasteiger partial charge in [-0.3, -0.25) is 0 Å². The number of aliphatic hydroxyl groups is 2. The summed E-state index contributed by atoms with van der Waals surface area (Å²) in [4.78, 5) is 0. The highest BCUT2D eigenvalue weighted by molar-refractivity contribution is 4.92. The molecule has 3 N–H and O–H groups in total. The second-order valence-corrected chi connectivity index (χ2v) is 7.28. The molecule has 0 fully saturated rings. The van der Waals surface area contributed by atoms with Gasteiger partial charge in [0.25, 0.3) is 0 Å². The molecule has 0 heterocycles. The molecule has 0 rings (SSSR count). The number of hydrogen-bond donors (Lipinski definition) is 3. The number of hydrogen-bond acceptors (Lipinski definition) is 3. The van der Waals surface area contributed by atoms with Crippen LogP contribution in [0.15, 0.2) is 12.2 Å². The van der Waals surface area contributed by atoms with Gasteiger partial charge in [0.05, 0.1) is 13.2 Å². The molecule has 0 saturated heterocycles. The topological polar surface area (TPSA) is 52.5 Å². The van der Waals surface area contributed by atoms with Gasteiger partial charge in [0, 0.05) is 12.6 Å². The third kappa shape index (κ3) is 19.8. The van der Waals surface area contributed by atoms with E-state index in [1.165, 1.54) is 89.9 Å². The Morgan fingerprint density at radius 2 is 1.20 bits per heavy atom. The predicted molar refractivity (Wildman–Crippen MR) is 110 cm³/mol. The van der Waals surface area contributed by atoms with Crippen molar-refractivity contribution in [3.05, 3.63) is 12.2 Å². The number of aliphatic hydroxyl groups excluding tert-OH is 2. The van der Waals surface area contributed by atoms with Crippen LogP contribution in [0.3, 0.4) is 0 Å². The van der Waals surface area contributed by atoms with Crippen molar-refractivity contribution in [3.63, 3.8) is 0 Å². The molecule has 0 spiro atoms. The second kappa shape index (κ2) is 21.7. The van der Waals surface area contributed by atoms with Gasteiger partial charge in [0.2, 0.25) is 0 Å². The lowest BCUT2D eigenvalue weighted by molar-refractivity contribution is 0.244. The van der Waals surface area contributed by atoms with E-state index < -0.39 is 0 Å². The van der Waals surface area contributed by atoms with Crippen molar-refractivity contribution < 1.29 is 10.2 Å². The Labute approximate surface area is 157 Å². The lowest BCUT2D eigenvalue weighted by Gasteiger charge is -2.10. The molecule has 25 heavy (non-hydrogen) atoms. The van der Waals surface area contributed by atoms with Gasteiger partial charge in [-0.1, -0.05) is 103 Å². The van der Waals surface area contributed by atoms with E-state index in [1.54, 1.807) is 0 Å². The smallest absolute Gasteiger partial charge is 0.0620 e. The summed E-state index contributed by atoms with van der Waals surface area (Å²) >= 11 is 0. The first-order chi connectivity index (χ1) is 12.3. The molecular formula is C22H45NO2. The van der Waals surface area contributed by atoms with Gasteiger partial charge in [-0.25, -0.2) is 0 Å². The van der Waals surface area contributed by atoms with Gasteiger partial charge in [-0.2, -0.15) is 0 Å². The first-order valence-corrected chi connectivity index (χ1v) is 11.0. The molecule has 3 heteroatoms. The summed E-state index contributed by atoms with van der Waals surface area (Å²) in [5, 5.41) is 21.0. The van der Waals surface area contributed by atoms with Crippen LogP contribution in [0.25, 0.3) is 0 Å². The van der Waals surface area contributed by atoms with Crippen molar-refractivity contribution in [3.8, 4) is 0 Å². The Morgan fingerprint density at radius 1 is 0.720 bits per heavy atom. The van der Waals surface area contributed by atoms with Gasteiger partial charge < -0.3 is 15.5 Å². The molecule has 0 aliphatic rings. The highest BCUT2D eigenvalue weighted by Crippen LogP contribution is 2.13. The zero-order valence-electron chi connectivity index (χ0n) is 16.9. The molecule has 0 aliphatic carbocycles. The molecule has 0 amide bonds. The Hall–Kier alpha value is -0.380. The quantitative estimate of drug-likeness (QED) is 0.204. The Kier molecular flexibility index (Phi) is 21.3. The maximum absolute atomic E-state index is 9.18. The average Bonchev–Trinajstić information content (AvgIpc) is 2.63. The van der Waals surface area contributed by atoms with Crippen LogP contribution in [0, 0.1) is 0 Å². The number of allylic oxidation sites excluding steroid dienone is 1. The molecule has 1 atom stereocenters. The van der Waals surface area contributed by atoms with Crippen LogP contribution in [-0.2, 0) is 0 Å². The minimum Gasteiger partial charge on any atom is -0.395 e. The summed E-state index contributed by atoms with van der Waals surface area (Å²) < 4.78 is 0. The lowest BCUT2D eigenvalue weighted by atomic mass is 10.0. The molecule has 3 nitrogen and oxygen atoms in total. The van der Waals surface area contributed by atoms with Crippen molar-refractivity contribution >= 4 is 0 Å². The Balaban J connectivity index is 3.20. The summed E-state index contributed by atoms with van der Waals surface area (Å²) in [5.41, 5.74) is 0. The standard InChI is InChI=1S/C22H45NO2/c1-2-3-4-5-6-7-8-9-10-11-12-13-14-15-16-17-18-22(21-25)23-19-20-24/h17-18,22-25H,2-16,19-21H2,1H3/b18-17+. The third-order valence-corrected chi connectivity index (χ3v) is 4.81. The fourth-order valence-corrected chi connectivity index (χ4v) is 3.16. The summed E-state index contributed by atoms with van der Waals surface area (Å²) in [6, 6.07) is -0.0150. The van der Waals surface area contributed by atoms with Crippen LogP contribution >= 0.6 is 0 Å². The van der Waals surface area contributed by atoms with E-state index in [9.17, 15) is 5.11 Å². The summed E-state index contributed by atoms with van der Waals surface area (Å²) in [6.07, 6.45) is 24.8. The monoisotopic (exact) mass is 355 g/mol. The van der Waals surface area contributed by atoms with Gasteiger partial charge in [0.15, 0.2) is 0 Å². The highest BCUT2D eigenvalue weighted by atomic mass is 16.3. The van der Waals surface area contributed by atoms with Gasteiger partial charge >= 0.3 is 0 Å². The zero-order valence-corrected chi connectivity index (χ0v) is 16.9. The van der Waals surface area contributed by atoms with E-state index in [4.69, 9.17) is 5.11 Å². The number of unbranched alkanes of at least 4 members (excludes halogenated alkanes) is 14. The van der Waals surface area contributed by atoms with E-state index >= 15 is 0 Å². The minimum absolute atomic E-state index is 0.0150. The zero-order chi connectivity index (χ0) is 18.4. The van der Waals surface area contributed by atoms with Crippen molar-refractivity contribution in [1.82, 2.24) is 5.32 Å². The molecule has 1 unspecified atom stereocenters. The summed E-state index contributed by atoms with van der Waals surface area (Å²) in [5.74, 6) is 0. The van der Waals surface area contributed by atoms with Crippen molar-refractivity contribution in [2.45, 2.75) is 109 Å². The van der Waals surface area contributed by atoms with E-state index in [1.807, 2.05) is 6.08 Å². The van der Waals surface area contributed by atoms with Crippen LogP contribution in [0.5, 0.6) is 0 Å². The van der Waals surface area contributed by atoms with Crippen LogP contribution in [0.4, 0.5) is 0 Å². The molecule has 0 bridgehead atoms. The van der Waals surface area contributed by atoms with E-state index in [0.717, 1.165) is 6.42 Å². The number of rotatable bonds is 20. The molecule has 0 aliphatic heterocycles. The van der Waals surface area contributed by atoms with Gasteiger partial charge in [0.1, 0.15) is 0 Å². The van der Waals surface area contributed by atoms with Gasteiger partial charge in [-0.05, 0) is 12.8 Å². The van der Waals surface area contributed by atoms with E-state index in [-0.39, 0.29) is 19.3 Å². The fraction of sp³-hybridized carbons (Fsp3) is 0.909. The van der Waals surface area contributed by atoms with Crippen LogP contribution < -0.4 is 5.32 Å². The molecule has 0 aromatic heterocycles. The van der Waals surface area contributed by atoms with Crippen molar-refractivity contribution in [2.24, 2.45) is 0 Å².